The molecule has 0 saturated carbocycles. The second kappa shape index (κ2) is 4.94. The molecule has 0 heterocycles. The standard InChI is InChI=1S/C8H5F6NOS/c1-15-6-4(11)2(9)3(10)5(12)7(6)17(16)8(13)14/h8,15H,1H3. The molecular weight excluding hydrogens is 272 g/mol. The Kier molecular flexibility index (Phi) is 4.02. The van der Waals surface area contributed by atoms with Gasteiger partial charge in [-0.2, -0.15) is 8.78 Å². The first kappa shape index (κ1) is 13.8. The quantitative estimate of drug-likeness (QED) is 0.523. The highest BCUT2D eigenvalue weighted by atomic mass is 32.2. The van der Waals surface area contributed by atoms with Crippen LogP contribution in [0, 0.1) is 23.3 Å². The normalized spacial score (nSPS) is 12.9. The number of nitrogens with one attached hydrogen (secondary N) is 1. The molecule has 0 saturated heterocycles. The monoisotopic (exact) mass is 277 g/mol. The molecule has 0 amide bonds. The van der Waals surface area contributed by atoms with Gasteiger partial charge in [-0.05, 0) is 0 Å². The maximum absolute atomic E-state index is 13.2. The maximum atomic E-state index is 13.2. The molecule has 1 atom stereocenters. The molecule has 0 aliphatic rings. The molecule has 1 N–H and O–H groups in total. The maximum Gasteiger partial charge on any atom is 0.316 e. The van der Waals surface area contributed by atoms with Gasteiger partial charge in [0.1, 0.15) is 15.7 Å². The van der Waals surface area contributed by atoms with Gasteiger partial charge in [-0.25, -0.2) is 21.8 Å². The van der Waals surface area contributed by atoms with Gasteiger partial charge in [-0.15, -0.1) is 0 Å². The summed E-state index contributed by atoms with van der Waals surface area (Å²) in [7, 11) is -2.34. The van der Waals surface area contributed by atoms with Crippen molar-refractivity contribution in [3.63, 3.8) is 0 Å². The molecule has 1 rings (SSSR count). The zero-order valence-corrected chi connectivity index (χ0v) is 8.98. The van der Waals surface area contributed by atoms with Crippen LogP contribution < -0.4 is 5.32 Å². The number of alkyl halides is 2. The SMILES string of the molecule is CNc1c(F)c(F)c(F)c(F)c1S(=O)C(F)F. The lowest BCUT2D eigenvalue weighted by Gasteiger charge is -2.12. The van der Waals surface area contributed by atoms with E-state index in [-0.39, 0.29) is 0 Å². The molecule has 1 aromatic rings. The van der Waals surface area contributed by atoms with Crippen LogP contribution in [0.2, 0.25) is 0 Å². The van der Waals surface area contributed by atoms with Gasteiger partial charge in [0.15, 0.2) is 23.3 Å². The van der Waals surface area contributed by atoms with E-state index in [2.05, 4.69) is 0 Å². The third-order valence-corrected chi connectivity index (χ3v) is 2.95. The molecule has 0 aliphatic heterocycles. The van der Waals surface area contributed by atoms with E-state index in [1.165, 1.54) is 0 Å². The first-order valence-corrected chi connectivity index (χ1v) is 5.26. The Balaban J connectivity index is 3.64. The summed E-state index contributed by atoms with van der Waals surface area (Å²) in [4.78, 5) is -1.43. The predicted molar refractivity (Wildman–Crippen MR) is 48.2 cm³/mol. The zero-order valence-electron chi connectivity index (χ0n) is 8.16. The smallest absolute Gasteiger partial charge is 0.316 e. The van der Waals surface area contributed by atoms with Crippen molar-refractivity contribution in [3.8, 4) is 0 Å². The van der Waals surface area contributed by atoms with Crippen LogP contribution in [0.5, 0.6) is 0 Å². The Morgan fingerprint density at radius 1 is 1.00 bits per heavy atom. The number of rotatable bonds is 3. The molecule has 1 aromatic carbocycles. The molecule has 0 fully saturated rings. The summed E-state index contributed by atoms with van der Waals surface area (Å²) in [6.07, 6.45) is 0. The van der Waals surface area contributed by atoms with E-state index >= 15 is 0 Å². The van der Waals surface area contributed by atoms with Crippen LogP contribution in [0.25, 0.3) is 0 Å². The minimum atomic E-state index is -3.55. The molecule has 0 bridgehead atoms. The fourth-order valence-corrected chi connectivity index (χ4v) is 1.95. The van der Waals surface area contributed by atoms with Gasteiger partial charge >= 0.3 is 5.76 Å². The number of anilines is 1. The first-order chi connectivity index (χ1) is 7.82. The van der Waals surface area contributed by atoms with Crippen molar-refractivity contribution < 1.29 is 30.6 Å². The molecule has 0 aromatic heterocycles. The topological polar surface area (TPSA) is 29.1 Å². The molecule has 0 spiro atoms. The largest absolute Gasteiger partial charge is 0.385 e. The van der Waals surface area contributed by atoms with Gasteiger partial charge in [0, 0.05) is 7.05 Å². The Morgan fingerprint density at radius 2 is 1.47 bits per heavy atom. The summed E-state index contributed by atoms with van der Waals surface area (Å²) in [6, 6.07) is 0. The van der Waals surface area contributed by atoms with Crippen LogP contribution in [-0.4, -0.2) is 17.0 Å². The van der Waals surface area contributed by atoms with Crippen LogP contribution >= 0.6 is 0 Å². The number of halogens is 6. The van der Waals surface area contributed by atoms with Crippen molar-refractivity contribution in [3.05, 3.63) is 23.3 Å². The Labute approximate surface area is 94.1 Å². The molecule has 1 unspecified atom stereocenters. The van der Waals surface area contributed by atoms with Crippen molar-refractivity contribution in [2.24, 2.45) is 0 Å². The van der Waals surface area contributed by atoms with Crippen LogP contribution in [0.3, 0.4) is 0 Å². The lowest BCUT2D eigenvalue weighted by Crippen LogP contribution is -2.13. The van der Waals surface area contributed by atoms with Gasteiger partial charge in [-0.3, -0.25) is 0 Å². The first-order valence-electron chi connectivity index (χ1n) is 4.05. The number of hydrogen-bond acceptors (Lipinski definition) is 2. The summed E-state index contributed by atoms with van der Waals surface area (Å²) in [5.41, 5.74) is -1.10. The second-order valence-corrected chi connectivity index (χ2v) is 4.13. The van der Waals surface area contributed by atoms with E-state index in [1.54, 1.807) is 0 Å². The third kappa shape index (κ3) is 2.24. The van der Waals surface area contributed by atoms with Crippen LogP contribution in [0.4, 0.5) is 32.0 Å². The van der Waals surface area contributed by atoms with Crippen molar-refractivity contribution in [1.29, 1.82) is 0 Å². The molecule has 96 valence electrons. The highest BCUT2D eigenvalue weighted by Gasteiger charge is 2.31. The third-order valence-electron chi connectivity index (χ3n) is 1.84. The fraction of sp³-hybridized carbons (Fsp3) is 0.250. The van der Waals surface area contributed by atoms with E-state index in [0.717, 1.165) is 7.05 Å². The summed E-state index contributed by atoms with van der Waals surface area (Å²) < 4.78 is 87.1. The Bertz CT molecular complexity index is 478. The summed E-state index contributed by atoms with van der Waals surface area (Å²) in [5.74, 6) is -12.0. The molecule has 0 aliphatic carbocycles. The molecule has 17 heavy (non-hydrogen) atoms. The van der Waals surface area contributed by atoms with Gasteiger partial charge in [0.25, 0.3) is 0 Å². The van der Waals surface area contributed by atoms with Crippen molar-refractivity contribution in [2.45, 2.75) is 10.7 Å². The van der Waals surface area contributed by atoms with Gasteiger partial charge < -0.3 is 5.32 Å². The molecular formula is C8H5F6NOS. The second-order valence-electron chi connectivity index (χ2n) is 2.77. The average Bonchev–Trinajstić information content (AvgIpc) is 2.29. The van der Waals surface area contributed by atoms with Crippen molar-refractivity contribution in [2.75, 3.05) is 12.4 Å². The number of benzene rings is 1. The molecule has 2 nitrogen and oxygen atoms in total. The molecule has 0 radical (unpaired) electrons. The van der Waals surface area contributed by atoms with Crippen molar-refractivity contribution >= 4 is 16.5 Å². The highest BCUT2D eigenvalue weighted by molar-refractivity contribution is 7.85. The minimum Gasteiger partial charge on any atom is -0.385 e. The van der Waals surface area contributed by atoms with E-state index in [4.69, 9.17) is 0 Å². The van der Waals surface area contributed by atoms with E-state index < -0.39 is 50.4 Å². The zero-order chi connectivity index (χ0) is 13.3. The fourth-order valence-electron chi connectivity index (χ4n) is 1.11. The predicted octanol–water partition coefficient (Wildman–Crippen LogP) is 2.61. The van der Waals surface area contributed by atoms with Crippen LogP contribution in [0.1, 0.15) is 0 Å². The van der Waals surface area contributed by atoms with E-state index in [9.17, 15) is 30.6 Å². The summed E-state index contributed by atoms with van der Waals surface area (Å²) in [5, 5.41) is 1.86. The Hall–Kier alpha value is -1.25. The van der Waals surface area contributed by atoms with Gasteiger partial charge in [0.05, 0.1) is 5.69 Å². The van der Waals surface area contributed by atoms with E-state index in [0.29, 0.717) is 0 Å². The van der Waals surface area contributed by atoms with Gasteiger partial charge in [0.2, 0.25) is 0 Å². The van der Waals surface area contributed by atoms with Crippen molar-refractivity contribution in [1.82, 2.24) is 0 Å². The molecule has 9 heteroatoms. The van der Waals surface area contributed by atoms with Crippen LogP contribution in [-0.2, 0) is 10.8 Å². The van der Waals surface area contributed by atoms with Crippen LogP contribution in [0.15, 0.2) is 4.90 Å². The highest BCUT2D eigenvalue weighted by Crippen LogP contribution is 2.32. The summed E-state index contributed by atoms with van der Waals surface area (Å²) in [6.45, 7) is 0. The minimum absolute atomic E-state index is 0.960. The summed E-state index contributed by atoms with van der Waals surface area (Å²) >= 11 is 0. The van der Waals surface area contributed by atoms with E-state index in [1.807, 2.05) is 5.32 Å². The average molecular weight is 277 g/mol. The number of hydrogen-bond donors (Lipinski definition) is 1. The van der Waals surface area contributed by atoms with Gasteiger partial charge in [-0.1, -0.05) is 0 Å². The lowest BCUT2D eigenvalue weighted by atomic mass is 10.2. The lowest BCUT2D eigenvalue weighted by molar-refractivity contribution is 0.243. The Morgan fingerprint density at radius 3 is 1.88 bits per heavy atom.